The zero-order valence-electron chi connectivity index (χ0n) is 13.4. The molecule has 2 atom stereocenters. The lowest BCUT2D eigenvalue weighted by molar-refractivity contribution is 0.0627. The lowest BCUT2D eigenvalue weighted by atomic mass is 9.91. The van der Waals surface area contributed by atoms with E-state index >= 15 is 0 Å². The standard InChI is InChI=1S/C18H25ClN2O2/c19-14-7-5-13(6-8-14)18(23)21-11-9-15(10-12-21)20-16-3-1-2-4-17(16)22/h5-8,15-17,20,22H,1-4,9-12H2. The number of amides is 1. The summed E-state index contributed by atoms with van der Waals surface area (Å²) < 4.78 is 0. The Bertz CT molecular complexity index is 526. The largest absolute Gasteiger partial charge is 0.392 e. The fourth-order valence-electron chi connectivity index (χ4n) is 3.63. The van der Waals surface area contributed by atoms with Crippen LogP contribution in [0.4, 0.5) is 0 Å². The third-order valence-corrected chi connectivity index (χ3v) is 5.30. The summed E-state index contributed by atoms with van der Waals surface area (Å²) in [5.74, 6) is 0.0813. The SMILES string of the molecule is O=C(c1ccc(Cl)cc1)N1CCC(NC2CCCCC2O)CC1. The van der Waals surface area contributed by atoms with Crippen molar-refractivity contribution in [1.82, 2.24) is 10.2 Å². The summed E-state index contributed by atoms with van der Waals surface area (Å²) in [5, 5.41) is 14.3. The second-order valence-corrected chi connectivity index (χ2v) is 7.13. The van der Waals surface area contributed by atoms with Gasteiger partial charge < -0.3 is 15.3 Å². The van der Waals surface area contributed by atoms with E-state index in [9.17, 15) is 9.90 Å². The van der Waals surface area contributed by atoms with E-state index in [0.29, 0.717) is 16.6 Å². The lowest BCUT2D eigenvalue weighted by Gasteiger charge is -2.37. The molecule has 1 aromatic rings. The minimum Gasteiger partial charge on any atom is -0.392 e. The molecule has 3 rings (SSSR count). The van der Waals surface area contributed by atoms with Crippen molar-refractivity contribution in [3.63, 3.8) is 0 Å². The average Bonchev–Trinajstić information content (AvgIpc) is 2.58. The number of nitrogens with one attached hydrogen (secondary N) is 1. The second kappa shape index (κ2) is 7.65. The molecule has 1 aliphatic heterocycles. The molecule has 2 fully saturated rings. The molecule has 0 bridgehead atoms. The van der Waals surface area contributed by atoms with Crippen molar-refractivity contribution in [2.24, 2.45) is 0 Å². The number of aliphatic hydroxyl groups is 1. The Morgan fingerprint density at radius 3 is 2.39 bits per heavy atom. The summed E-state index contributed by atoms with van der Waals surface area (Å²) in [5.41, 5.74) is 0.698. The van der Waals surface area contributed by atoms with Gasteiger partial charge in [-0.25, -0.2) is 0 Å². The molecule has 126 valence electrons. The molecular formula is C18H25ClN2O2. The molecule has 0 aromatic heterocycles. The van der Waals surface area contributed by atoms with Gasteiger partial charge in [0.25, 0.3) is 5.91 Å². The first-order chi connectivity index (χ1) is 11.1. The maximum Gasteiger partial charge on any atom is 0.253 e. The Labute approximate surface area is 142 Å². The predicted octanol–water partition coefficient (Wildman–Crippen LogP) is 2.84. The predicted molar refractivity (Wildman–Crippen MR) is 91.8 cm³/mol. The first-order valence-corrected chi connectivity index (χ1v) is 9.00. The molecule has 1 saturated carbocycles. The molecule has 1 saturated heterocycles. The Kier molecular flexibility index (Phi) is 5.57. The Balaban J connectivity index is 1.50. The first kappa shape index (κ1) is 16.7. The van der Waals surface area contributed by atoms with Gasteiger partial charge in [0.15, 0.2) is 0 Å². The number of benzene rings is 1. The van der Waals surface area contributed by atoms with Gasteiger partial charge >= 0.3 is 0 Å². The normalized spacial score (nSPS) is 26.3. The number of carbonyl (C=O) groups is 1. The molecule has 1 amide bonds. The maximum atomic E-state index is 12.5. The van der Waals surface area contributed by atoms with E-state index in [1.165, 1.54) is 6.42 Å². The molecule has 1 aliphatic carbocycles. The third-order valence-electron chi connectivity index (χ3n) is 5.05. The second-order valence-electron chi connectivity index (χ2n) is 6.70. The van der Waals surface area contributed by atoms with Gasteiger partial charge in [-0.3, -0.25) is 4.79 Å². The molecule has 2 aliphatic rings. The van der Waals surface area contributed by atoms with E-state index in [-0.39, 0.29) is 18.1 Å². The molecule has 5 heteroatoms. The van der Waals surface area contributed by atoms with Crippen LogP contribution in [0.5, 0.6) is 0 Å². The van der Waals surface area contributed by atoms with Crippen LogP contribution in [-0.2, 0) is 0 Å². The number of hydrogen-bond acceptors (Lipinski definition) is 3. The summed E-state index contributed by atoms with van der Waals surface area (Å²) in [6.45, 7) is 1.53. The summed E-state index contributed by atoms with van der Waals surface area (Å²) in [6, 6.07) is 7.72. The maximum absolute atomic E-state index is 12.5. The topological polar surface area (TPSA) is 52.6 Å². The van der Waals surface area contributed by atoms with Crippen molar-refractivity contribution in [1.29, 1.82) is 0 Å². The van der Waals surface area contributed by atoms with E-state index in [1.807, 2.05) is 4.90 Å². The minimum atomic E-state index is -0.211. The summed E-state index contributed by atoms with van der Waals surface area (Å²) in [4.78, 5) is 14.4. The Hall–Kier alpha value is -1.10. The Morgan fingerprint density at radius 2 is 1.74 bits per heavy atom. The van der Waals surface area contributed by atoms with E-state index in [2.05, 4.69) is 5.32 Å². The highest BCUT2D eigenvalue weighted by Gasteiger charge is 2.28. The molecule has 1 aromatic carbocycles. The summed E-state index contributed by atoms with van der Waals surface area (Å²) >= 11 is 5.87. The number of carbonyl (C=O) groups excluding carboxylic acids is 1. The number of rotatable bonds is 3. The number of likely N-dealkylation sites (tertiary alicyclic amines) is 1. The molecule has 23 heavy (non-hydrogen) atoms. The average molecular weight is 337 g/mol. The van der Waals surface area contributed by atoms with E-state index in [1.54, 1.807) is 24.3 Å². The van der Waals surface area contributed by atoms with Crippen molar-refractivity contribution >= 4 is 17.5 Å². The van der Waals surface area contributed by atoms with Gasteiger partial charge in [-0.1, -0.05) is 24.4 Å². The number of aliphatic hydroxyl groups excluding tert-OH is 1. The van der Waals surface area contributed by atoms with Gasteiger partial charge in [-0.2, -0.15) is 0 Å². The van der Waals surface area contributed by atoms with E-state index < -0.39 is 0 Å². The molecule has 1 heterocycles. The molecule has 0 radical (unpaired) electrons. The van der Waals surface area contributed by atoms with Crippen LogP contribution in [0.2, 0.25) is 5.02 Å². The number of hydrogen-bond donors (Lipinski definition) is 2. The quantitative estimate of drug-likeness (QED) is 0.892. The van der Waals surface area contributed by atoms with Crippen molar-refractivity contribution in [2.75, 3.05) is 13.1 Å². The van der Waals surface area contributed by atoms with Crippen LogP contribution in [0.1, 0.15) is 48.9 Å². The van der Waals surface area contributed by atoms with Crippen molar-refractivity contribution in [3.8, 4) is 0 Å². The van der Waals surface area contributed by atoms with Crippen molar-refractivity contribution in [3.05, 3.63) is 34.9 Å². The van der Waals surface area contributed by atoms with Crippen LogP contribution >= 0.6 is 11.6 Å². The smallest absolute Gasteiger partial charge is 0.253 e. The van der Waals surface area contributed by atoms with Gasteiger partial charge in [0.2, 0.25) is 0 Å². The van der Waals surface area contributed by atoms with Crippen LogP contribution < -0.4 is 5.32 Å². The fourth-order valence-corrected chi connectivity index (χ4v) is 3.76. The van der Waals surface area contributed by atoms with Gasteiger partial charge in [-0.05, 0) is 49.9 Å². The first-order valence-electron chi connectivity index (χ1n) is 8.62. The van der Waals surface area contributed by atoms with Crippen LogP contribution in [0.25, 0.3) is 0 Å². The number of piperidine rings is 1. The Morgan fingerprint density at radius 1 is 1.09 bits per heavy atom. The molecular weight excluding hydrogens is 312 g/mol. The van der Waals surface area contributed by atoms with Crippen LogP contribution in [-0.4, -0.2) is 47.2 Å². The highest BCUT2D eigenvalue weighted by Crippen LogP contribution is 2.21. The molecule has 2 unspecified atom stereocenters. The lowest BCUT2D eigenvalue weighted by Crippen LogP contribution is -2.51. The van der Waals surface area contributed by atoms with Crippen LogP contribution in [0, 0.1) is 0 Å². The number of nitrogens with zero attached hydrogens (tertiary/aromatic N) is 1. The fraction of sp³-hybridized carbons (Fsp3) is 0.611. The highest BCUT2D eigenvalue weighted by atomic mass is 35.5. The zero-order chi connectivity index (χ0) is 16.2. The highest BCUT2D eigenvalue weighted by molar-refractivity contribution is 6.30. The van der Waals surface area contributed by atoms with E-state index in [4.69, 9.17) is 11.6 Å². The van der Waals surface area contributed by atoms with Gasteiger partial charge in [0, 0.05) is 35.8 Å². The van der Waals surface area contributed by atoms with Crippen molar-refractivity contribution in [2.45, 2.75) is 56.7 Å². The molecule has 4 nitrogen and oxygen atoms in total. The minimum absolute atomic E-state index is 0.0813. The van der Waals surface area contributed by atoms with Gasteiger partial charge in [0.05, 0.1) is 6.10 Å². The summed E-state index contributed by atoms with van der Waals surface area (Å²) in [7, 11) is 0. The van der Waals surface area contributed by atoms with Gasteiger partial charge in [-0.15, -0.1) is 0 Å². The third kappa shape index (κ3) is 4.25. The van der Waals surface area contributed by atoms with E-state index in [0.717, 1.165) is 45.2 Å². The molecule has 2 N–H and O–H groups in total. The summed E-state index contributed by atoms with van der Waals surface area (Å²) in [6.07, 6.45) is 5.98. The van der Waals surface area contributed by atoms with Crippen LogP contribution in [0.15, 0.2) is 24.3 Å². The monoisotopic (exact) mass is 336 g/mol. The van der Waals surface area contributed by atoms with Gasteiger partial charge in [0.1, 0.15) is 0 Å². The molecule has 0 spiro atoms. The number of halogens is 1. The van der Waals surface area contributed by atoms with Crippen molar-refractivity contribution < 1.29 is 9.90 Å². The van der Waals surface area contributed by atoms with Crippen LogP contribution in [0.3, 0.4) is 0 Å². The zero-order valence-corrected chi connectivity index (χ0v) is 14.1.